The van der Waals surface area contributed by atoms with Gasteiger partial charge in [-0.3, -0.25) is 0 Å². The van der Waals surface area contributed by atoms with E-state index in [2.05, 4.69) is 20.3 Å². The SMILES string of the molecule is COc1ccccc1Nc1nc(N)nc(C[NH+]2CCCC2)n1. The van der Waals surface area contributed by atoms with Crippen LogP contribution < -0.4 is 20.7 Å². The van der Waals surface area contributed by atoms with Crippen LogP contribution in [0, 0.1) is 0 Å². The van der Waals surface area contributed by atoms with Crippen molar-refractivity contribution < 1.29 is 9.64 Å². The van der Waals surface area contributed by atoms with Crippen molar-refractivity contribution in [2.45, 2.75) is 19.4 Å². The first-order valence-electron chi connectivity index (χ1n) is 7.48. The van der Waals surface area contributed by atoms with Crippen molar-refractivity contribution in [2.75, 3.05) is 31.2 Å². The molecule has 0 radical (unpaired) electrons. The number of benzene rings is 1. The molecule has 7 heteroatoms. The van der Waals surface area contributed by atoms with Crippen molar-refractivity contribution in [3.63, 3.8) is 0 Å². The number of aromatic nitrogens is 3. The highest BCUT2D eigenvalue weighted by molar-refractivity contribution is 5.62. The zero-order valence-corrected chi connectivity index (χ0v) is 12.7. The van der Waals surface area contributed by atoms with Crippen LogP contribution in [-0.2, 0) is 6.54 Å². The molecule has 7 nitrogen and oxygen atoms in total. The summed E-state index contributed by atoms with van der Waals surface area (Å²) < 4.78 is 5.32. The normalized spacial score (nSPS) is 15.0. The summed E-state index contributed by atoms with van der Waals surface area (Å²) >= 11 is 0. The Morgan fingerprint density at radius 2 is 1.95 bits per heavy atom. The Morgan fingerprint density at radius 1 is 1.18 bits per heavy atom. The molecule has 2 heterocycles. The van der Waals surface area contributed by atoms with E-state index in [0.29, 0.717) is 5.95 Å². The van der Waals surface area contributed by atoms with E-state index in [-0.39, 0.29) is 5.95 Å². The van der Waals surface area contributed by atoms with Crippen molar-refractivity contribution in [1.82, 2.24) is 15.0 Å². The first-order chi connectivity index (χ1) is 10.7. The Balaban J connectivity index is 1.79. The van der Waals surface area contributed by atoms with Gasteiger partial charge in [0.25, 0.3) is 0 Å². The van der Waals surface area contributed by atoms with Crippen molar-refractivity contribution in [3.8, 4) is 5.75 Å². The molecule has 1 aliphatic heterocycles. The van der Waals surface area contributed by atoms with Gasteiger partial charge in [0.2, 0.25) is 11.9 Å². The summed E-state index contributed by atoms with van der Waals surface area (Å²) in [6.45, 7) is 3.12. The molecule has 116 valence electrons. The van der Waals surface area contributed by atoms with Crippen LogP contribution >= 0.6 is 0 Å². The third-order valence-electron chi connectivity index (χ3n) is 3.77. The van der Waals surface area contributed by atoms with Gasteiger partial charge in [-0.1, -0.05) is 12.1 Å². The van der Waals surface area contributed by atoms with Crippen LogP contribution in [0.1, 0.15) is 18.7 Å². The lowest BCUT2D eigenvalue weighted by molar-refractivity contribution is -0.902. The second-order valence-corrected chi connectivity index (χ2v) is 5.39. The molecule has 3 rings (SSSR count). The van der Waals surface area contributed by atoms with Crippen LogP contribution in [0.25, 0.3) is 0 Å². The molecule has 0 unspecified atom stereocenters. The Hall–Kier alpha value is -2.41. The molecular weight excluding hydrogens is 280 g/mol. The highest BCUT2D eigenvalue weighted by Gasteiger charge is 2.18. The van der Waals surface area contributed by atoms with E-state index in [1.165, 1.54) is 30.8 Å². The number of quaternary nitrogens is 1. The van der Waals surface area contributed by atoms with Gasteiger partial charge in [-0.2, -0.15) is 15.0 Å². The van der Waals surface area contributed by atoms with E-state index >= 15 is 0 Å². The van der Waals surface area contributed by atoms with Gasteiger partial charge in [-0.25, -0.2) is 0 Å². The molecule has 0 saturated carbocycles. The van der Waals surface area contributed by atoms with E-state index in [9.17, 15) is 0 Å². The van der Waals surface area contributed by atoms with Crippen LogP contribution in [0.4, 0.5) is 17.6 Å². The molecule has 4 N–H and O–H groups in total. The molecular formula is C15H21N6O+. The predicted octanol–water partition coefficient (Wildman–Crippen LogP) is 0.385. The number of likely N-dealkylation sites (tertiary alicyclic amines) is 1. The van der Waals surface area contributed by atoms with E-state index in [1.807, 2.05) is 24.3 Å². The number of ether oxygens (including phenoxy) is 1. The second kappa shape index (κ2) is 6.57. The van der Waals surface area contributed by atoms with Crippen molar-refractivity contribution >= 4 is 17.6 Å². The molecule has 1 aromatic heterocycles. The molecule has 0 aliphatic carbocycles. The number of hydrogen-bond acceptors (Lipinski definition) is 6. The summed E-state index contributed by atoms with van der Waals surface area (Å²) in [4.78, 5) is 14.4. The van der Waals surface area contributed by atoms with E-state index in [0.717, 1.165) is 23.8 Å². The lowest BCUT2D eigenvalue weighted by Crippen LogP contribution is -3.08. The third kappa shape index (κ3) is 3.43. The van der Waals surface area contributed by atoms with E-state index < -0.39 is 0 Å². The Kier molecular flexibility index (Phi) is 4.34. The molecule has 1 saturated heterocycles. The van der Waals surface area contributed by atoms with Gasteiger partial charge in [0.1, 0.15) is 12.3 Å². The van der Waals surface area contributed by atoms with Gasteiger partial charge in [0.05, 0.1) is 25.9 Å². The minimum atomic E-state index is 0.237. The number of rotatable bonds is 5. The maximum absolute atomic E-state index is 5.82. The number of methoxy groups -OCH3 is 1. The fraction of sp³-hybridized carbons (Fsp3) is 0.400. The first-order valence-corrected chi connectivity index (χ1v) is 7.48. The zero-order valence-electron chi connectivity index (χ0n) is 12.7. The summed E-state index contributed by atoms with van der Waals surface area (Å²) in [6.07, 6.45) is 2.53. The highest BCUT2D eigenvalue weighted by atomic mass is 16.5. The van der Waals surface area contributed by atoms with Crippen LogP contribution in [0.3, 0.4) is 0 Å². The topological polar surface area (TPSA) is 90.4 Å². The highest BCUT2D eigenvalue weighted by Crippen LogP contribution is 2.25. The van der Waals surface area contributed by atoms with Crippen molar-refractivity contribution in [1.29, 1.82) is 0 Å². The number of anilines is 3. The lowest BCUT2D eigenvalue weighted by Gasteiger charge is -2.13. The summed E-state index contributed by atoms with van der Waals surface area (Å²) in [7, 11) is 1.63. The number of nitrogens with zero attached hydrogens (tertiary/aromatic N) is 3. The molecule has 0 bridgehead atoms. The average Bonchev–Trinajstić information content (AvgIpc) is 3.00. The van der Waals surface area contributed by atoms with Crippen molar-refractivity contribution in [2.24, 2.45) is 0 Å². The summed E-state index contributed by atoms with van der Waals surface area (Å²) in [5, 5.41) is 3.15. The van der Waals surface area contributed by atoms with E-state index in [4.69, 9.17) is 10.5 Å². The fourth-order valence-electron chi connectivity index (χ4n) is 2.72. The summed E-state index contributed by atoms with van der Waals surface area (Å²) in [5.41, 5.74) is 6.62. The zero-order chi connectivity index (χ0) is 15.4. The van der Waals surface area contributed by atoms with Gasteiger partial charge in [-0.15, -0.1) is 0 Å². The molecule has 1 aromatic carbocycles. The largest absolute Gasteiger partial charge is 0.495 e. The standard InChI is InChI=1S/C15H20N6O/c1-22-12-7-3-2-6-11(12)17-15-19-13(18-14(16)20-15)10-21-8-4-5-9-21/h2-3,6-7H,4-5,8-10H2,1H3,(H3,16,17,18,19,20)/p+1. The van der Waals surface area contributed by atoms with Gasteiger partial charge < -0.3 is 20.7 Å². The number of hydrogen-bond donors (Lipinski definition) is 3. The third-order valence-corrected chi connectivity index (χ3v) is 3.77. The molecule has 1 aliphatic rings. The summed E-state index contributed by atoms with van der Waals surface area (Å²) in [5.74, 6) is 2.14. The smallest absolute Gasteiger partial charge is 0.232 e. The molecule has 0 atom stereocenters. The maximum atomic E-state index is 5.82. The van der Waals surface area contributed by atoms with E-state index in [1.54, 1.807) is 7.11 Å². The Bertz CT molecular complexity index is 642. The van der Waals surface area contributed by atoms with Gasteiger partial charge in [0, 0.05) is 12.8 Å². The first kappa shape index (κ1) is 14.5. The monoisotopic (exact) mass is 301 g/mol. The minimum Gasteiger partial charge on any atom is -0.495 e. The molecule has 22 heavy (non-hydrogen) atoms. The minimum absolute atomic E-state index is 0.237. The van der Waals surface area contributed by atoms with Crippen LogP contribution in [-0.4, -0.2) is 35.2 Å². The van der Waals surface area contributed by atoms with Crippen LogP contribution in [0.15, 0.2) is 24.3 Å². The molecule has 2 aromatic rings. The predicted molar refractivity (Wildman–Crippen MR) is 84.2 cm³/mol. The Labute approximate surface area is 129 Å². The quantitative estimate of drug-likeness (QED) is 0.740. The van der Waals surface area contributed by atoms with Crippen LogP contribution in [0.2, 0.25) is 0 Å². The second-order valence-electron chi connectivity index (χ2n) is 5.39. The molecule has 0 amide bonds. The fourth-order valence-corrected chi connectivity index (χ4v) is 2.72. The molecule has 0 spiro atoms. The van der Waals surface area contributed by atoms with Gasteiger partial charge in [-0.05, 0) is 12.1 Å². The number of nitrogens with one attached hydrogen (secondary N) is 2. The summed E-state index contributed by atoms with van der Waals surface area (Å²) in [6, 6.07) is 7.62. The Morgan fingerprint density at radius 3 is 2.73 bits per heavy atom. The maximum Gasteiger partial charge on any atom is 0.232 e. The lowest BCUT2D eigenvalue weighted by atomic mass is 10.3. The average molecular weight is 301 g/mol. The van der Waals surface area contributed by atoms with Crippen LogP contribution in [0.5, 0.6) is 5.75 Å². The molecule has 1 fully saturated rings. The van der Waals surface area contributed by atoms with Gasteiger partial charge >= 0.3 is 0 Å². The number of nitrogen functional groups attached to an aromatic ring is 1. The number of para-hydroxylation sites is 2. The van der Waals surface area contributed by atoms with Crippen molar-refractivity contribution in [3.05, 3.63) is 30.1 Å². The van der Waals surface area contributed by atoms with Gasteiger partial charge in [0.15, 0.2) is 5.82 Å². The number of nitrogens with two attached hydrogens (primary N) is 1.